The molecule has 1 fully saturated rings. The summed E-state index contributed by atoms with van der Waals surface area (Å²) in [5, 5.41) is 0. The van der Waals surface area contributed by atoms with Crippen LogP contribution in [-0.2, 0) is 0 Å². The minimum absolute atomic E-state index is 0.0849. The average Bonchev–Trinajstić information content (AvgIpc) is 2.75. The van der Waals surface area contributed by atoms with Crippen molar-refractivity contribution in [2.75, 3.05) is 32.1 Å². The Morgan fingerprint density at radius 1 is 1.47 bits per heavy atom. The van der Waals surface area contributed by atoms with E-state index in [-0.39, 0.29) is 11.9 Å². The quantitative estimate of drug-likeness (QED) is 0.826. The van der Waals surface area contributed by atoms with Gasteiger partial charge in [-0.2, -0.15) is 0 Å². The lowest BCUT2D eigenvalue weighted by molar-refractivity contribution is 0.0791. The summed E-state index contributed by atoms with van der Waals surface area (Å²) in [7, 11) is 3.94. The van der Waals surface area contributed by atoms with Gasteiger partial charge in [0.05, 0.1) is 0 Å². The Hall–Kier alpha value is -1.55. The molecular weight excluding hydrogens is 214 g/mol. The van der Waals surface area contributed by atoms with Crippen molar-refractivity contribution in [2.45, 2.75) is 12.5 Å². The number of nitrogens with zero attached hydrogens (tertiary/aromatic N) is 2. The van der Waals surface area contributed by atoms with E-state index in [1.807, 2.05) is 48.2 Å². The van der Waals surface area contributed by atoms with Gasteiger partial charge in [-0.15, -0.1) is 0 Å². The number of carbonyl (C=O) groups excluding carboxylic acids is 1. The van der Waals surface area contributed by atoms with Crippen molar-refractivity contribution in [1.82, 2.24) is 4.90 Å². The van der Waals surface area contributed by atoms with E-state index in [4.69, 9.17) is 5.73 Å². The van der Waals surface area contributed by atoms with Crippen molar-refractivity contribution in [2.24, 2.45) is 5.73 Å². The lowest BCUT2D eigenvalue weighted by atomic mass is 10.1. The maximum Gasteiger partial charge on any atom is 0.253 e. The third kappa shape index (κ3) is 2.58. The van der Waals surface area contributed by atoms with Crippen LogP contribution in [0.25, 0.3) is 0 Å². The van der Waals surface area contributed by atoms with Gasteiger partial charge in [0, 0.05) is 44.5 Å². The molecule has 1 aliphatic heterocycles. The van der Waals surface area contributed by atoms with E-state index in [1.54, 1.807) is 0 Å². The molecule has 0 bridgehead atoms. The van der Waals surface area contributed by atoms with E-state index in [0.29, 0.717) is 6.54 Å². The van der Waals surface area contributed by atoms with E-state index < -0.39 is 0 Å². The van der Waals surface area contributed by atoms with Crippen LogP contribution in [0.4, 0.5) is 5.69 Å². The first-order valence-electron chi connectivity index (χ1n) is 5.90. The molecule has 1 atom stereocenters. The highest BCUT2D eigenvalue weighted by Gasteiger charge is 2.24. The average molecular weight is 233 g/mol. The lowest BCUT2D eigenvalue weighted by Gasteiger charge is -2.18. The molecule has 0 aliphatic carbocycles. The SMILES string of the molecule is CN(C)c1cccc(C(=O)N2CC[C@H](N)C2)c1. The van der Waals surface area contributed by atoms with Crippen LogP contribution in [0.1, 0.15) is 16.8 Å². The molecule has 0 spiro atoms. The van der Waals surface area contributed by atoms with Crippen LogP contribution in [-0.4, -0.2) is 44.0 Å². The minimum atomic E-state index is 0.0849. The molecule has 0 saturated carbocycles. The second kappa shape index (κ2) is 4.75. The zero-order valence-corrected chi connectivity index (χ0v) is 10.4. The Morgan fingerprint density at radius 2 is 2.24 bits per heavy atom. The normalized spacial score (nSPS) is 19.5. The molecule has 1 amide bonds. The summed E-state index contributed by atoms with van der Waals surface area (Å²) in [5.74, 6) is 0.0849. The number of benzene rings is 1. The van der Waals surface area contributed by atoms with Crippen molar-refractivity contribution in [3.05, 3.63) is 29.8 Å². The van der Waals surface area contributed by atoms with Gasteiger partial charge < -0.3 is 15.5 Å². The number of amides is 1. The number of rotatable bonds is 2. The zero-order chi connectivity index (χ0) is 12.4. The predicted molar refractivity (Wildman–Crippen MR) is 69.3 cm³/mol. The van der Waals surface area contributed by atoms with Gasteiger partial charge in [-0.25, -0.2) is 0 Å². The summed E-state index contributed by atoms with van der Waals surface area (Å²) < 4.78 is 0. The maximum absolute atomic E-state index is 12.2. The molecular formula is C13H19N3O. The zero-order valence-electron chi connectivity index (χ0n) is 10.4. The standard InChI is InChI=1S/C13H19N3O/c1-15(2)12-5-3-4-10(8-12)13(17)16-7-6-11(14)9-16/h3-5,8,11H,6-7,9,14H2,1-2H3/t11-/m0/s1. The predicted octanol–water partition coefficient (Wildman–Crippen LogP) is 0.926. The Balaban J connectivity index is 2.16. The summed E-state index contributed by atoms with van der Waals surface area (Å²) in [5.41, 5.74) is 7.60. The molecule has 4 nitrogen and oxygen atoms in total. The van der Waals surface area contributed by atoms with Gasteiger partial charge in [-0.1, -0.05) is 6.07 Å². The number of likely N-dealkylation sites (tertiary alicyclic amines) is 1. The van der Waals surface area contributed by atoms with Gasteiger partial charge in [0.1, 0.15) is 0 Å². The van der Waals surface area contributed by atoms with Gasteiger partial charge in [0.2, 0.25) is 0 Å². The molecule has 4 heteroatoms. The Bertz CT molecular complexity index is 417. The molecule has 1 aliphatic rings. The topological polar surface area (TPSA) is 49.6 Å². The molecule has 0 radical (unpaired) electrons. The van der Waals surface area contributed by atoms with Crippen LogP contribution in [0.3, 0.4) is 0 Å². The second-order valence-electron chi connectivity index (χ2n) is 4.74. The molecule has 0 aromatic heterocycles. The molecule has 2 rings (SSSR count). The smallest absolute Gasteiger partial charge is 0.253 e. The van der Waals surface area contributed by atoms with Crippen LogP contribution in [0.5, 0.6) is 0 Å². The third-order valence-corrected chi connectivity index (χ3v) is 3.12. The second-order valence-corrected chi connectivity index (χ2v) is 4.74. The fraction of sp³-hybridized carbons (Fsp3) is 0.462. The van der Waals surface area contributed by atoms with Crippen LogP contribution < -0.4 is 10.6 Å². The summed E-state index contributed by atoms with van der Waals surface area (Å²) >= 11 is 0. The summed E-state index contributed by atoms with van der Waals surface area (Å²) in [4.78, 5) is 16.0. The minimum Gasteiger partial charge on any atom is -0.378 e. The summed E-state index contributed by atoms with van der Waals surface area (Å²) in [6.45, 7) is 1.44. The number of nitrogens with two attached hydrogens (primary N) is 1. The van der Waals surface area contributed by atoms with Gasteiger partial charge in [0.25, 0.3) is 5.91 Å². The monoisotopic (exact) mass is 233 g/mol. The molecule has 1 heterocycles. The fourth-order valence-electron chi connectivity index (χ4n) is 2.07. The first-order valence-corrected chi connectivity index (χ1v) is 5.90. The molecule has 1 aromatic carbocycles. The van der Waals surface area contributed by atoms with Crippen molar-refractivity contribution in [1.29, 1.82) is 0 Å². The molecule has 1 aromatic rings. The van der Waals surface area contributed by atoms with E-state index in [2.05, 4.69) is 0 Å². The molecule has 2 N–H and O–H groups in total. The van der Waals surface area contributed by atoms with E-state index in [1.165, 1.54) is 0 Å². The maximum atomic E-state index is 12.2. The van der Waals surface area contributed by atoms with Crippen LogP contribution >= 0.6 is 0 Å². The van der Waals surface area contributed by atoms with E-state index in [9.17, 15) is 4.79 Å². The van der Waals surface area contributed by atoms with E-state index in [0.717, 1.165) is 24.2 Å². The third-order valence-electron chi connectivity index (χ3n) is 3.12. The van der Waals surface area contributed by atoms with Gasteiger partial charge in [-0.05, 0) is 24.6 Å². The molecule has 17 heavy (non-hydrogen) atoms. The lowest BCUT2D eigenvalue weighted by Crippen LogP contribution is -2.31. The highest BCUT2D eigenvalue weighted by molar-refractivity contribution is 5.95. The number of anilines is 1. The highest BCUT2D eigenvalue weighted by atomic mass is 16.2. The van der Waals surface area contributed by atoms with Gasteiger partial charge >= 0.3 is 0 Å². The Morgan fingerprint density at radius 3 is 2.82 bits per heavy atom. The van der Waals surface area contributed by atoms with Crippen LogP contribution in [0, 0.1) is 0 Å². The number of hydrogen-bond donors (Lipinski definition) is 1. The first-order chi connectivity index (χ1) is 8.08. The molecule has 92 valence electrons. The Kier molecular flexibility index (Phi) is 3.33. The van der Waals surface area contributed by atoms with E-state index >= 15 is 0 Å². The van der Waals surface area contributed by atoms with Gasteiger partial charge in [-0.3, -0.25) is 4.79 Å². The molecule has 0 unspecified atom stereocenters. The Labute approximate surface area is 102 Å². The first kappa shape index (κ1) is 11.9. The number of carbonyl (C=O) groups is 1. The van der Waals surface area contributed by atoms with Gasteiger partial charge in [0.15, 0.2) is 0 Å². The van der Waals surface area contributed by atoms with Crippen molar-refractivity contribution in [3.8, 4) is 0 Å². The highest BCUT2D eigenvalue weighted by Crippen LogP contribution is 2.17. The number of hydrogen-bond acceptors (Lipinski definition) is 3. The largest absolute Gasteiger partial charge is 0.378 e. The van der Waals surface area contributed by atoms with Crippen molar-refractivity contribution in [3.63, 3.8) is 0 Å². The van der Waals surface area contributed by atoms with Crippen LogP contribution in [0.2, 0.25) is 0 Å². The van der Waals surface area contributed by atoms with Crippen LogP contribution in [0.15, 0.2) is 24.3 Å². The van der Waals surface area contributed by atoms with Crippen molar-refractivity contribution >= 4 is 11.6 Å². The summed E-state index contributed by atoms with van der Waals surface area (Å²) in [6, 6.07) is 7.83. The molecule has 1 saturated heterocycles. The van der Waals surface area contributed by atoms with Crippen molar-refractivity contribution < 1.29 is 4.79 Å². The fourth-order valence-corrected chi connectivity index (χ4v) is 2.07. The summed E-state index contributed by atoms with van der Waals surface area (Å²) in [6.07, 6.45) is 0.902.